The maximum atomic E-state index is 11.9. The van der Waals surface area contributed by atoms with Gasteiger partial charge in [-0.15, -0.1) is 11.3 Å². The molecule has 1 amide bonds. The van der Waals surface area contributed by atoms with Crippen molar-refractivity contribution in [1.82, 2.24) is 20.3 Å². The molecule has 116 valence electrons. The van der Waals surface area contributed by atoms with Crippen LogP contribution in [0.2, 0.25) is 0 Å². The molecule has 0 fully saturated rings. The summed E-state index contributed by atoms with van der Waals surface area (Å²) in [5.41, 5.74) is 2.76. The highest BCUT2D eigenvalue weighted by Gasteiger charge is 2.08. The molecule has 0 unspecified atom stereocenters. The van der Waals surface area contributed by atoms with Gasteiger partial charge in [0.2, 0.25) is 5.91 Å². The zero-order valence-corrected chi connectivity index (χ0v) is 13.3. The second-order valence-electron chi connectivity index (χ2n) is 4.97. The van der Waals surface area contributed by atoms with Gasteiger partial charge < -0.3 is 5.32 Å². The maximum Gasteiger partial charge on any atom is 0.220 e. The lowest BCUT2D eigenvalue weighted by Gasteiger charge is -2.04. The molecule has 0 spiro atoms. The summed E-state index contributed by atoms with van der Waals surface area (Å²) in [6.07, 6.45) is 6.26. The summed E-state index contributed by atoms with van der Waals surface area (Å²) in [5, 5.41) is 5.83. The van der Waals surface area contributed by atoms with Gasteiger partial charge in [0.1, 0.15) is 0 Å². The average Bonchev–Trinajstić information content (AvgIpc) is 3.09. The first-order valence-corrected chi connectivity index (χ1v) is 8.20. The Morgan fingerprint density at radius 3 is 2.74 bits per heavy atom. The van der Waals surface area contributed by atoms with Crippen LogP contribution in [0, 0.1) is 0 Å². The molecular formula is C17H16N4OS. The van der Waals surface area contributed by atoms with Gasteiger partial charge in [-0.25, -0.2) is 4.98 Å². The SMILES string of the molecule is O=C(CCc1nc(-c2ccccn2)cs1)NCc1ccncc1. The van der Waals surface area contributed by atoms with Gasteiger partial charge in [-0.05, 0) is 29.8 Å². The van der Waals surface area contributed by atoms with Crippen LogP contribution < -0.4 is 5.32 Å². The van der Waals surface area contributed by atoms with Crippen molar-refractivity contribution in [2.24, 2.45) is 0 Å². The van der Waals surface area contributed by atoms with E-state index in [0.717, 1.165) is 22.0 Å². The van der Waals surface area contributed by atoms with Crippen LogP contribution in [0.5, 0.6) is 0 Å². The van der Waals surface area contributed by atoms with Gasteiger partial charge in [0.15, 0.2) is 0 Å². The zero-order chi connectivity index (χ0) is 15.9. The largest absolute Gasteiger partial charge is 0.352 e. The maximum absolute atomic E-state index is 11.9. The van der Waals surface area contributed by atoms with E-state index < -0.39 is 0 Å². The van der Waals surface area contributed by atoms with E-state index in [2.05, 4.69) is 20.3 Å². The summed E-state index contributed by atoms with van der Waals surface area (Å²) in [4.78, 5) is 24.7. The monoisotopic (exact) mass is 324 g/mol. The fourth-order valence-corrected chi connectivity index (χ4v) is 2.86. The fraction of sp³-hybridized carbons (Fsp3) is 0.176. The third-order valence-electron chi connectivity index (χ3n) is 3.28. The first-order valence-electron chi connectivity index (χ1n) is 7.32. The first-order chi connectivity index (χ1) is 11.3. The Morgan fingerprint density at radius 2 is 1.96 bits per heavy atom. The Morgan fingerprint density at radius 1 is 1.09 bits per heavy atom. The molecule has 23 heavy (non-hydrogen) atoms. The van der Waals surface area contributed by atoms with Gasteiger partial charge >= 0.3 is 0 Å². The standard InChI is InChI=1S/C17H16N4OS/c22-16(20-11-13-6-9-18-10-7-13)4-5-17-21-15(12-23-17)14-3-1-2-8-19-14/h1-3,6-10,12H,4-5,11H2,(H,20,22). The second kappa shape index (κ2) is 7.60. The predicted octanol–water partition coefficient (Wildman–Crippen LogP) is 2.85. The summed E-state index contributed by atoms with van der Waals surface area (Å²) in [6.45, 7) is 0.526. The minimum absolute atomic E-state index is 0.0244. The summed E-state index contributed by atoms with van der Waals surface area (Å²) in [7, 11) is 0. The topological polar surface area (TPSA) is 67.8 Å². The third-order valence-corrected chi connectivity index (χ3v) is 4.19. The van der Waals surface area contributed by atoms with Crippen LogP contribution in [-0.4, -0.2) is 20.9 Å². The Bertz CT molecular complexity index is 759. The van der Waals surface area contributed by atoms with Gasteiger partial charge in [-0.3, -0.25) is 14.8 Å². The van der Waals surface area contributed by atoms with Crippen molar-refractivity contribution < 1.29 is 4.79 Å². The minimum Gasteiger partial charge on any atom is -0.352 e. The van der Waals surface area contributed by atoms with E-state index in [0.29, 0.717) is 19.4 Å². The number of thiazole rings is 1. The first kappa shape index (κ1) is 15.3. The number of amides is 1. The molecule has 3 rings (SSSR count). The van der Waals surface area contributed by atoms with E-state index in [1.807, 2.05) is 35.7 Å². The number of pyridine rings is 2. The molecule has 0 radical (unpaired) electrons. The Labute approximate surface area is 138 Å². The molecule has 0 aliphatic carbocycles. The van der Waals surface area contributed by atoms with E-state index in [4.69, 9.17) is 0 Å². The molecular weight excluding hydrogens is 308 g/mol. The van der Waals surface area contributed by atoms with Crippen molar-refractivity contribution in [2.75, 3.05) is 0 Å². The lowest BCUT2D eigenvalue weighted by atomic mass is 10.2. The Balaban J connectivity index is 1.49. The highest BCUT2D eigenvalue weighted by Crippen LogP contribution is 2.20. The van der Waals surface area contributed by atoms with Crippen molar-refractivity contribution in [1.29, 1.82) is 0 Å². The van der Waals surface area contributed by atoms with Gasteiger partial charge in [-0.2, -0.15) is 0 Å². The highest BCUT2D eigenvalue weighted by atomic mass is 32.1. The smallest absolute Gasteiger partial charge is 0.220 e. The summed E-state index contributed by atoms with van der Waals surface area (Å²) in [5.74, 6) is 0.0244. The van der Waals surface area contributed by atoms with Gasteiger partial charge in [0.05, 0.1) is 16.4 Å². The van der Waals surface area contributed by atoms with E-state index in [1.165, 1.54) is 0 Å². The van der Waals surface area contributed by atoms with Crippen molar-refractivity contribution in [3.63, 3.8) is 0 Å². The van der Waals surface area contributed by atoms with Crippen LogP contribution in [0.4, 0.5) is 0 Å². The number of carbonyl (C=O) groups excluding carboxylic acids is 1. The van der Waals surface area contributed by atoms with Crippen molar-refractivity contribution in [2.45, 2.75) is 19.4 Å². The molecule has 5 nitrogen and oxygen atoms in total. The van der Waals surface area contributed by atoms with Crippen molar-refractivity contribution >= 4 is 17.2 Å². The van der Waals surface area contributed by atoms with Crippen LogP contribution >= 0.6 is 11.3 Å². The number of hydrogen-bond donors (Lipinski definition) is 1. The van der Waals surface area contributed by atoms with Crippen LogP contribution in [0.25, 0.3) is 11.4 Å². The molecule has 0 atom stereocenters. The van der Waals surface area contributed by atoms with Crippen LogP contribution in [-0.2, 0) is 17.8 Å². The minimum atomic E-state index is 0.0244. The quantitative estimate of drug-likeness (QED) is 0.757. The lowest BCUT2D eigenvalue weighted by Crippen LogP contribution is -2.22. The molecule has 3 aromatic rings. The average molecular weight is 324 g/mol. The van der Waals surface area contributed by atoms with Crippen LogP contribution in [0.15, 0.2) is 54.3 Å². The number of nitrogens with one attached hydrogen (secondary N) is 1. The van der Waals surface area contributed by atoms with Crippen molar-refractivity contribution in [3.05, 3.63) is 64.9 Å². The number of nitrogens with zero attached hydrogens (tertiary/aromatic N) is 3. The number of carbonyl (C=O) groups is 1. The molecule has 0 saturated heterocycles. The number of hydrogen-bond acceptors (Lipinski definition) is 5. The van der Waals surface area contributed by atoms with E-state index >= 15 is 0 Å². The van der Waals surface area contributed by atoms with E-state index in [9.17, 15) is 4.79 Å². The van der Waals surface area contributed by atoms with Gasteiger partial charge in [0.25, 0.3) is 0 Å². The van der Waals surface area contributed by atoms with Crippen LogP contribution in [0.1, 0.15) is 17.0 Å². The van der Waals surface area contributed by atoms with E-state index in [-0.39, 0.29) is 5.91 Å². The zero-order valence-electron chi connectivity index (χ0n) is 12.5. The molecule has 6 heteroatoms. The van der Waals surface area contributed by atoms with Crippen molar-refractivity contribution in [3.8, 4) is 11.4 Å². The fourth-order valence-electron chi connectivity index (χ4n) is 2.07. The molecule has 0 bridgehead atoms. The van der Waals surface area contributed by atoms with Gasteiger partial charge in [-0.1, -0.05) is 6.07 Å². The predicted molar refractivity (Wildman–Crippen MR) is 89.7 cm³/mol. The number of rotatable bonds is 6. The molecule has 3 heterocycles. The molecule has 0 aromatic carbocycles. The number of aryl methyl sites for hydroxylation is 1. The summed E-state index contributed by atoms with van der Waals surface area (Å²) < 4.78 is 0. The third kappa shape index (κ3) is 4.43. The Hall–Kier alpha value is -2.60. The van der Waals surface area contributed by atoms with E-state index in [1.54, 1.807) is 29.9 Å². The molecule has 0 aliphatic heterocycles. The molecule has 0 aliphatic rings. The van der Waals surface area contributed by atoms with Gasteiger partial charge in [0, 0.05) is 43.4 Å². The number of aromatic nitrogens is 3. The molecule has 3 aromatic heterocycles. The molecule has 1 N–H and O–H groups in total. The van der Waals surface area contributed by atoms with Crippen LogP contribution in [0.3, 0.4) is 0 Å². The second-order valence-corrected chi connectivity index (χ2v) is 5.92. The highest BCUT2D eigenvalue weighted by molar-refractivity contribution is 7.09. The molecule has 0 saturated carbocycles. The summed E-state index contributed by atoms with van der Waals surface area (Å²) in [6, 6.07) is 9.53. The normalized spacial score (nSPS) is 10.4. The summed E-state index contributed by atoms with van der Waals surface area (Å²) >= 11 is 1.56. The Kier molecular flexibility index (Phi) is 5.06. The lowest BCUT2D eigenvalue weighted by molar-refractivity contribution is -0.121.